The van der Waals surface area contributed by atoms with Crippen LogP contribution < -0.4 is 0 Å². The number of carbonyl (C=O) groups excluding carboxylic acids is 1. The molecule has 14 N–H and O–H groups in total. The Morgan fingerprint density at radius 2 is 0.679 bits per heavy atom. The van der Waals surface area contributed by atoms with Crippen LogP contribution in [0.5, 0.6) is 0 Å². The second-order valence-electron chi connectivity index (χ2n) is 18.5. The molecule has 0 spiro atoms. The van der Waals surface area contributed by atoms with E-state index in [0.717, 1.165) is 7.11 Å². The van der Waals surface area contributed by atoms with Gasteiger partial charge in [0.05, 0.1) is 33.0 Å². The van der Waals surface area contributed by atoms with E-state index in [2.05, 4.69) is 12.6 Å². The molecule has 0 amide bonds. The molecule has 0 aliphatic carbocycles. The van der Waals surface area contributed by atoms with Crippen molar-refractivity contribution in [1.82, 2.24) is 0 Å². The highest BCUT2D eigenvalue weighted by Crippen LogP contribution is 2.33. The number of esters is 1. The van der Waals surface area contributed by atoms with Gasteiger partial charge in [-0.1, -0.05) is 0 Å². The van der Waals surface area contributed by atoms with Gasteiger partial charge in [-0.05, 0) is 0 Å². The van der Waals surface area contributed by atoms with Gasteiger partial charge < -0.3 is 152 Å². The Labute approximate surface area is 463 Å². The highest BCUT2D eigenvalue weighted by Gasteiger charge is 2.54. The van der Waals surface area contributed by atoms with Gasteiger partial charge in [0.25, 0.3) is 0 Å². The Morgan fingerprint density at radius 1 is 0.358 bits per heavy atom. The molecule has 0 bridgehead atoms. The summed E-state index contributed by atoms with van der Waals surface area (Å²) < 4.78 is 93.4. The molecular weight excluding hydrogens is 1140 g/mol. The van der Waals surface area contributed by atoms with E-state index in [1.807, 2.05) is 0 Å². The lowest BCUT2D eigenvalue weighted by Crippen LogP contribution is -2.64. The van der Waals surface area contributed by atoms with Gasteiger partial charge in [0.2, 0.25) is 0 Å². The number of aliphatic carboxylic acids is 4. The minimum absolute atomic E-state index is 0.106. The average Bonchev–Trinajstić information content (AvgIpc) is 3.44. The molecule has 5 heterocycles. The number of rotatable bonds is 32. The van der Waals surface area contributed by atoms with Crippen molar-refractivity contribution in [2.45, 2.75) is 154 Å². The number of methoxy groups -OCH3 is 2. The molecule has 5 fully saturated rings. The lowest BCUT2D eigenvalue weighted by molar-refractivity contribution is -0.354. The first kappa shape index (κ1) is 68.4. The molecule has 5 aliphatic rings. The lowest BCUT2D eigenvalue weighted by Gasteiger charge is -2.46. The standard InChI is InChI=1S/C44H70O36S/c1-64-5-15-26(55)37(68-11-21(47)48)33(62)43(76-15)75-9-18-35(67-10-20(45)46)29(58)31(60)41(79-18)74-8-19-36(71-14-24(53)66-3-4-81)30(59)32(61)40(80-19)72-7-17-27(56)38(69-12-22(49)50)34(63)42(77-17)73-6-16-25(54)28(57)39(44(65-2)78-16)70-13-23(51)52/h15-19,25-44,54-63,81H,3-14H2,1-2H3,(H,45,46)(H,47,48)(H,49,50)(H,51,52). The molecule has 0 radical (unpaired) electrons. The van der Waals surface area contributed by atoms with Crippen molar-refractivity contribution in [1.29, 1.82) is 0 Å². The van der Waals surface area contributed by atoms with Gasteiger partial charge in [0.1, 0.15) is 162 Å². The van der Waals surface area contributed by atoms with Crippen LogP contribution in [0.3, 0.4) is 0 Å². The lowest BCUT2D eigenvalue weighted by atomic mass is 9.97. The van der Waals surface area contributed by atoms with Crippen LogP contribution in [0.25, 0.3) is 0 Å². The number of carbonyl (C=O) groups is 5. The Bertz CT molecular complexity index is 1960. The zero-order valence-electron chi connectivity index (χ0n) is 43.1. The summed E-state index contributed by atoms with van der Waals surface area (Å²) in [4.78, 5) is 57.9. The summed E-state index contributed by atoms with van der Waals surface area (Å²) in [6, 6.07) is 0. The van der Waals surface area contributed by atoms with E-state index in [0.29, 0.717) is 0 Å². The molecule has 36 nitrogen and oxygen atoms in total. The highest BCUT2D eigenvalue weighted by atomic mass is 32.1. The van der Waals surface area contributed by atoms with Crippen LogP contribution in [0.4, 0.5) is 0 Å². The van der Waals surface area contributed by atoms with Crippen LogP contribution in [0.15, 0.2) is 0 Å². The molecule has 0 saturated carbocycles. The van der Waals surface area contributed by atoms with Crippen molar-refractivity contribution >= 4 is 42.5 Å². The number of carboxylic acids is 4. The summed E-state index contributed by atoms with van der Waals surface area (Å²) >= 11 is 3.96. The van der Waals surface area contributed by atoms with Gasteiger partial charge in [-0.2, -0.15) is 12.6 Å². The van der Waals surface area contributed by atoms with Gasteiger partial charge in [0.15, 0.2) is 31.5 Å². The number of aliphatic hydroxyl groups is 10. The molecule has 81 heavy (non-hydrogen) atoms. The van der Waals surface area contributed by atoms with E-state index in [1.54, 1.807) is 0 Å². The molecule has 5 aliphatic heterocycles. The largest absolute Gasteiger partial charge is 0.480 e. The quantitative estimate of drug-likeness (QED) is 0.0220. The number of aliphatic hydroxyl groups excluding tert-OH is 10. The minimum atomic E-state index is -2.10. The minimum Gasteiger partial charge on any atom is -0.480 e. The molecule has 5 saturated heterocycles. The third-order valence-corrected chi connectivity index (χ3v) is 13.0. The SMILES string of the molecule is COCC1OC(OCC2OC(OCC3OC(OCC4OC(OCC5OC(OC)C(OCC(=O)O)C(O)C5O)C(O)C(OCC(=O)O)C4O)C(O)C(O)C3OCC(=O)OCCS)C(O)C(O)C2OCC(=O)O)C(O)C(OCC(=O)O)C1O. The molecule has 25 atom stereocenters. The van der Waals surface area contributed by atoms with Crippen LogP contribution >= 0.6 is 12.6 Å². The van der Waals surface area contributed by atoms with Crippen molar-refractivity contribution in [2.75, 3.05) is 92.6 Å². The van der Waals surface area contributed by atoms with E-state index in [1.165, 1.54) is 7.11 Å². The van der Waals surface area contributed by atoms with Crippen molar-refractivity contribution < 1.29 is 176 Å². The summed E-state index contributed by atoms with van der Waals surface area (Å²) in [5.41, 5.74) is 0. The molecule has 0 aromatic heterocycles. The second-order valence-corrected chi connectivity index (χ2v) is 19.0. The maximum absolute atomic E-state index is 12.5. The van der Waals surface area contributed by atoms with Crippen LogP contribution in [-0.2, 0) is 104 Å². The smallest absolute Gasteiger partial charge is 0.332 e. The maximum Gasteiger partial charge on any atom is 0.332 e. The van der Waals surface area contributed by atoms with E-state index >= 15 is 0 Å². The molecular formula is C44H70O36S. The zero-order valence-corrected chi connectivity index (χ0v) is 44.0. The van der Waals surface area contributed by atoms with Crippen molar-refractivity contribution in [2.24, 2.45) is 0 Å². The van der Waals surface area contributed by atoms with Crippen LogP contribution in [-0.4, -0.2) is 348 Å². The van der Waals surface area contributed by atoms with E-state index < -0.39 is 243 Å². The van der Waals surface area contributed by atoms with Gasteiger partial charge in [-0.25, -0.2) is 24.0 Å². The van der Waals surface area contributed by atoms with Gasteiger partial charge in [-0.3, -0.25) is 0 Å². The summed E-state index contributed by atoms with van der Waals surface area (Å²) in [5.74, 6) is -6.81. The van der Waals surface area contributed by atoms with E-state index in [9.17, 15) is 85.3 Å². The summed E-state index contributed by atoms with van der Waals surface area (Å²) in [7, 11) is 2.36. The van der Waals surface area contributed by atoms with Crippen molar-refractivity contribution in [3.05, 3.63) is 0 Å². The molecule has 25 unspecified atom stereocenters. The summed E-state index contributed by atoms with van der Waals surface area (Å²) in [5, 5.41) is 148. The van der Waals surface area contributed by atoms with Crippen LogP contribution in [0, 0.1) is 0 Å². The topological polar surface area (TPSA) is 525 Å². The Hall–Kier alpha value is -3.34. The predicted octanol–water partition coefficient (Wildman–Crippen LogP) is -9.68. The Morgan fingerprint density at radius 3 is 1.07 bits per heavy atom. The third-order valence-electron chi connectivity index (χ3n) is 12.8. The van der Waals surface area contributed by atoms with E-state index in [4.69, 9.17) is 90.7 Å². The molecule has 468 valence electrons. The first-order valence-corrected chi connectivity index (χ1v) is 25.3. The number of carboxylic acid groups (broad SMARTS) is 4. The normalized spacial score (nSPS) is 40.1. The number of hydrogen-bond donors (Lipinski definition) is 15. The number of thiol groups is 1. The first-order valence-electron chi connectivity index (χ1n) is 24.7. The van der Waals surface area contributed by atoms with Crippen molar-refractivity contribution in [3.63, 3.8) is 0 Å². The molecule has 5 rings (SSSR count). The average molecular weight is 1210 g/mol. The third kappa shape index (κ3) is 18.8. The number of hydrogen-bond acceptors (Lipinski definition) is 33. The van der Waals surface area contributed by atoms with Gasteiger partial charge >= 0.3 is 29.8 Å². The maximum atomic E-state index is 12.5. The highest BCUT2D eigenvalue weighted by molar-refractivity contribution is 7.80. The summed E-state index contributed by atoms with van der Waals surface area (Å²) in [6.45, 7) is -8.69. The van der Waals surface area contributed by atoms with Crippen LogP contribution in [0.1, 0.15) is 0 Å². The van der Waals surface area contributed by atoms with Crippen molar-refractivity contribution in [3.8, 4) is 0 Å². The summed E-state index contributed by atoms with van der Waals surface area (Å²) in [6.07, 6.45) is -44.8. The fraction of sp³-hybridized carbons (Fsp3) is 0.886. The van der Waals surface area contributed by atoms with E-state index in [-0.39, 0.29) is 19.0 Å². The molecule has 0 aromatic carbocycles. The Balaban J connectivity index is 1.33. The fourth-order valence-corrected chi connectivity index (χ4v) is 8.98. The van der Waals surface area contributed by atoms with Crippen LogP contribution in [0.2, 0.25) is 0 Å². The zero-order chi connectivity index (χ0) is 59.8. The second kappa shape index (κ2) is 32.8. The molecule has 0 aromatic rings. The molecule has 37 heteroatoms. The Kier molecular flexibility index (Phi) is 27.7. The first-order chi connectivity index (χ1) is 38.4. The van der Waals surface area contributed by atoms with Gasteiger partial charge in [-0.15, -0.1) is 0 Å². The van der Waals surface area contributed by atoms with Gasteiger partial charge in [0, 0.05) is 20.0 Å². The fourth-order valence-electron chi connectivity index (χ4n) is 8.88. The number of ether oxygens (including phenoxy) is 17. The monoisotopic (exact) mass is 1210 g/mol. The predicted molar refractivity (Wildman–Crippen MR) is 250 cm³/mol.